The Labute approximate surface area is 161 Å². The summed E-state index contributed by atoms with van der Waals surface area (Å²) in [5.74, 6) is -1.05. The van der Waals surface area contributed by atoms with Crippen LogP contribution in [0, 0.1) is 16.0 Å². The summed E-state index contributed by atoms with van der Waals surface area (Å²) >= 11 is 4.43. The van der Waals surface area contributed by atoms with Gasteiger partial charge in [-0.25, -0.2) is 4.79 Å². The number of likely N-dealkylation sites (tertiary alicyclic amines) is 1. The van der Waals surface area contributed by atoms with Crippen LogP contribution < -0.4 is 0 Å². The van der Waals surface area contributed by atoms with Crippen LogP contribution in [-0.4, -0.2) is 58.0 Å². The molecular weight excluding hydrogens is 374 g/mol. The van der Waals surface area contributed by atoms with Gasteiger partial charge in [-0.1, -0.05) is 0 Å². The van der Waals surface area contributed by atoms with Crippen molar-refractivity contribution < 1.29 is 24.0 Å². The maximum Gasteiger partial charge on any atom is 0.411 e. The van der Waals surface area contributed by atoms with Crippen molar-refractivity contribution in [3.8, 4) is 0 Å². The molecule has 2 atom stereocenters. The van der Waals surface area contributed by atoms with Crippen LogP contribution in [0.1, 0.15) is 18.9 Å². The minimum absolute atomic E-state index is 0.0392. The number of rotatable bonds is 5. The molecule has 1 aliphatic rings. The largest absolute Gasteiger partial charge is 0.445 e. The van der Waals surface area contributed by atoms with Crippen molar-refractivity contribution in [1.82, 2.24) is 9.80 Å². The molecule has 2 amide bonds. The molecule has 1 fully saturated rings. The number of non-ortho nitro benzene ring substituents is 1. The Hall–Kier alpha value is -2.62. The number of hydrogen-bond acceptors (Lipinski definition) is 7. The number of amides is 2. The molecule has 0 N–H and O–H groups in total. The second-order valence-corrected chi connectivity index (χ2v) is 7.36. The molecule has 2 rings (SSSR count). The van der Waals surface area contributed by atoms with E-state index in [1.54, 1.807) is 14.1 Å². The second kappa shape index (κ2) is 7.95. The molecule has 0 saturated carbocycles. The van der Waals surface area contributed by atoms with Gasteiger partial charge in [0.1, 0.15) is 12.4 Å². The lowest BCUT2D eigenvalue weighted by Gasteiger charge is -2.33. The maximum absolute atomic E-state index is 12.6. The number of ether oxygens (including phenoxy) is 1. The standard InChI is InChI=1S/C17H21N3O6S/c1-11(21)13-8-17(27,15(22)18(2)3)19(9-13)16(23)26-10-12-4-6-14(7-5-12)20(24)25/h4-7,13,27H,8-10H2,1-3H3/t13-,17+/m0/s1. The quantitative estimate of drug-likeness (QED) is 0.463. The minimum atomic E-state index is -1.47. The normalized spacial score (nSPS) is 21.6. The van der Waals surface area contributed by atoms with E-state index in [4.69, 9.17) is 4.74 Å². The van der Waals surface area contributed by atoms with Crippen LogP contribution in [0.4, 0.5) is 10.5 Å². The van der Waals surface area contributed by atoms with Crippen molar-refractivity contribution in [3.63, 3.8) is 0 Å². The van der Waals surface area contributed by atoms with E-state index in [-0.39, 0.29) is 31.0 Å². The average Bonchev–Trinajstić information content (AvgIpc) is 2.98. The molecule has 0 bridgehead atoms. The first kappa shape index (κ1) is 20.7. The lowest BCUT2D eigenvalue weighted by molar-refractivity contribution is -0.384. The molecule has 27 heavy (non-hydrogen) atoms. The summed E-state index contributed by atoms with van der Waals surface area (Å²) < 4.78 is 5.25. The van der Waals surface area contributed by atoms with Crippen molar-refractivity contribution in [2.24, 2.45) is 5.92 Å². The monoisotopic (exact) mass is 395 g/mol. The highest BCUT2D eigenvalue weighted by Gasteiger charge is 2.53. The zero-order chi connectivity index (χ0) is 20.4. The molecule has 1 heterocycles. The Balaban J connectivity index is 2.13. The summed E-state index contributed by atoms with van der Waals surface area (Å²) in [4.78, 5) is 48.0. The van der Waals surface area contributed by atoms with Crippen LogP contribution in [0.15, 0.2) is 24.3 Å². The van der Waals surface area contributed by atoms with Gasteiger partial charge in [0, 0.05) is 45.1 Å². The Kier molecular flexibility index (Phi) is 6.09. The van der Waals surface area contributed by atoms with Gasteiger partial charge in [0.05, 0.1) is 4.92 Å². The van der Waals surface area contributed by atoms with E-state index in [1.165, 1.54) is 36.1 Å². The Morgan fingerprint density at radius 1 is 1.33 bits per heavy atom. The highest BCUT2D eigenvalue weighted by atomic mass is 32.1. The van der Waals surface area contributed by atoms with E-state index in [2.05, 4.69) is 12.6 Å². The molecule has 146 valence electrons. The fourth-order valence-corrected chi connectivity index (χ4v) is 3.47. The van der Waals surface area contributed by atoms with Gasteiger partial charge in [0.15, 0.2) is 4.87 Å². The first-order valence-corrected chi connectivity index (χ1v) is 8.63. The summed E-state index contributed by atoms with van der Waals surface area (Å²) in [6.07, 6.45) is -0.669. The lowest BCUT2D eigenvalue weighted by atomic mass is 10.0. The zero-order valence-corrected chi connectivity index (χ0v) is 16.1. The predicted molar refractivity (Wildman–Crippen MR) is 99.2 cm³/mol. The zero-order valence-electron chi connectivity index (χ0n) is 15.2. The van der Waals surface area contributed by atoms with Crippen LogP contribution in [0.5, 0.6) is 0 Å². The summed E-state index contributed by atoms with van der Waals surface area (Å²) in [6.45, 7) is 1.32. The minimum Gasteiger partial charge on any atom is -0.445 e. The summed E-state index contributed by atoms with van der Waals surface area (Å²) in [6, 6.07) is 5.58. The first-order chi connectivity index (χ1) is 12.6. The number of nitro groups is 1. The Morgan fingerprint density at radius 3 is 2.41 bits per heavy atom. The van der Waals surface area contributed by atoms with E-state index in [0.29, 0.717) is 5.56 Å². The molecule has 10 heteroatoms. The van der Waals surface area contributed by atoms with Crippen molar-refractivity contribution in [2.45, 2.75) is 24.8 Å². The molecule has 0 radical (unpaired) electrons. The van der Waals surface area contributed by atoms with Gasteiger partial charge < -0.3 is 9.64 Å². The van der Waals surface area contributed by atoms with Gasteiger partial charge in [0.25, 0.3) is 11.6 Å². The SMILES string of the molecule is CC(=O)[C@@H]1CN(C(=O)OCc2ccc([N+](=O)[O-])cc2)[C@](S)(C(=O)N(C)C)C1. The molecule has 1 aliphatic heterocycles. The van der Waals surface area contributed by atoms with Gasteiger partial charge in [-0.05, 0) is 24.6 Å². The van der Waals surface area contributed by atoms with E-state index >= 15 is 0 Å². The van der Waals surface area contributed by atoms with Gasteiger partial charge in [0.2, 0.25) is 0 Å². The third kappa shape index (κ3) is 4.38. The molecule has 0 aromatic heterocycles. The molecule has 9 nitrogen and oxygen atoms in total. The fourth-order valence-electron chi connectivity index (χ4n) is 2.89. The summed E-state index contributed by atoms with van der Waals surface area (Å²) in [5, 5.41) is 10.7. The highest BCUT2D eigenvalue weighted by Crippen LogP contribution is 2.38. The number of benzene rings is 1. The molecule has 0 spiro atoms. The van der Waals surface area contributed by atoms with Crippen LogP contribution in [0.2, 0.25) is 0 Å². The number of ketones is 1. The molecule has 0 aliphatic carbocycles. The van der Waals surface area contributed by atoms with E-state index < -0.39 is 27.7 Å². The van der Waals surface area contributed by atoms with E-state index in [0.717, 1.165) is 4.90 Å². The van der Waals surface area contributed by atoms with Crippen LogP contribution in [-0.2, 0) is 20.9 Å². The third-order valence-electron chi connectivity index (χ3n) is 4.43. The summed E-state index contributed by atoms with van der Waals surface area (Å²) in [5.41, 5.74) is 0.486. The maximum atomic E-state index is 12.6. The number of Topliss-reactive ketones (excluding diaryl/α,β-unsaturated/α-hetero) is 1. The molecule has 1 aromatic rings. The van der Waals surface area contributed by atoms with Gasteiger partial charge in [-0.15, -0.1) is 12.6 Å². The third-order valence-corrected chi connectivity index (χ3v) is 5.05. The Morgan fingerprint density at radius 2 is 1.93 bits per heavy atom. The van der Waals surface area contributed by atoms with Gasteiger partial charge in [-0.3, -0.25) is 24.6 Å². The average molecular weight is 395 g/mol. The van der Waals surface area contributed by atoms with Gasteiger partial charge in [-0.2, -0.15) is 0 Å². The number of hydrogen-bond donors (Lipinski definition) is 1. The number of nitro benzene ring substituents is 1. The number of carbonyl (C=O) groups is 3. The summed E-state index contributed by atoms with van der Waals surface area (Å²) in [7, 11) is 3.09. The van der Waals surface area contributed by atoms with Crippen molar-refractivity contribution in [1.29, 1.82) is 0 Å². The molecule has 1 aromatic carbocycles. The first-order valence-electron chi connectivity index (χ1n) is 8.18. The number of carbonyl (C=O) groups excluding carboxylic acids is 3. The van der Waals surface area contributed by atoms with Gasteiger partial charge >= 0.3 is 6.09 Å². The van der Waals surface area contributed by atoms with Crippen LogP contribution in [0.3, 0.4) is 0 Å². The van der Waals surface area contributed by atoms with Crippen molar-refractivity contribution >= 4 is 36.1 Å². The van der Waals surface area contributed by atoms with Crippen LogP contribution >= 0.6 is 12.6 Å². The highest BCUT2D eigenvalue weighted by molar-refractivity contribution is 7.82. The van der Waals surface area contributed by atoms with Crippen LogP contribution in [0.25, 0.3) is 0 Å². The predicted octanol–water partition coefficient (Wildman–Crippen LogP) is 1.86. The molecular formula is C17H21N3O6S. The topological polar surface area (TPSA) is 110 Å². The second-order valence-electron chi connectivity index (χ2n) is 6.62. The van der Waals surface area contributed by atoms with Crippen molar-refractivity contribution in [3.05, 3.63) is 39.9 Å². The van der Waals surface area contributed by atoms with E-state index in [9.17, 15) is 24.5 Å². The number of nitrogens with zero attached hydrogens (tertiary/aromatic N) is 3. The molecule has 0 unspecified atom stereocenters. The van der Waals surface area contributed by atoms with E-state index in [1.807, 2.05) is 0 Å². The fraction of sp³-hybridized carbons (Fsp3) is 0.471. The molecule has 1 saturated heterocycles. The number of likely N-dealkylation sites (N-methyl/N-ethyl adjacent to an activating group) is 1. The number of thiol groups is 1. The van der Waals surface area contributed by atoms with Crippen molar-refractivity contribution in [2.75, 3.05) is 20.6 Å². The lowest BCUT2D eigenvalue weighted by Crippen LogP contribution is -2.53. The Bertz CT molecular complexity index is 766. The smallest absolute Gasteiger partial charge is 0.411 e.